The summed E-state index contributed by atoms with van der Waals surface area (Å²) in [6.07, 6.45) is 0.693. The van der Waals surface area contributed by atoms with Crippen molar-refractivity contribution >= 4 is 5.97 Å². The molecule has 0 spiro atoms. The molecule has 92 valence electrons. The lowest BCUT2D eigenvalue weighted by Gasteiger charge is -2.13. The molecule has 17 heavy (non-hydrogen) atoms. The summed E-state index contributed by atoms with van der Waals surface area (Å²) in [7, 11) is 3.20. The van der Waals surface area contributed by atoms with Gasteiger partial charge in [0.1, 0.15) is 11.5 Å². The van der Waals surface area contributed by atoms with E-state index in [0.29, 0.717) is 6.42 Å². The summed E-state index contributed by atoms with van der Waals surface area (Å²) >= 11 is 0. The average molecular weight is 236 g/mol. The van der Waals surface area contributed by atoms with Crippen molar-refractivity contribution in [1.29, 1.82) is 0 Å². The molecule has 2 atom stereocenters. The summed E-state index contributed by atoms with van der Waals surface area (Å²) in [5.41, 5.74) is 2.02. The molecule has 0 saturated heterocycles. The lowest BCUT2D eigenvalue weighted by Crippen LogP contribution is -2.02. The second kappa shape index (κ2) is 4.28. The predicted molar refractivity (Wildman–Crippen MR) is 62.8 cm³/mol. The highest BCUT2D eigenvalue weighted by molar-refractivity contribution is 5.76. The molecular formula is C13H16O4. The minimum Gasteiger partial charge on any atom is -0.497 e. The molecule has 2 unspecified atom stereocenters. The highest BCUT2D eigenvalue weighted by Crippen LogP contribution is 2.52. The monoisotopic (exact) mass is 236 g/mol. The number of carboxylic acids is 1. The van der Waals surface area contributed by atoms with Gasteiger partial charge in [0.2, 0.25) is 0 Å². The third-order valence-corrected chi connectivity index (χ3v) is 3.26. The molecule has 0 radical (unpaired) electrons. The van der Waals surface area contributed by atoms with Gasteiger partial charge in [-0.25, -0.2) is 0 Å². The first-order chi connectivity index (χ1) is 8.08. The smallest absolute Gasteiger partial charge is 0.307 e. The van der Waals surface area contributed by atoms with E-state index in [1.165, 1.54) is 0 Å². The van der Waals surface area contributed by atoms with E-state index in [4.69, 9.17) is 14.6 Å². The molecule has 1 fully saturated rings. The highest BCUT2D eigenvalue weighted by atomic mass is 16.5. The molecule has 1 aliphatic carbocycles. The van der Waals surface area contributed by atoms with Crippen LogP contribution in [0, 0.1) is 12.8 Å². The van der Waals surface area contributed by atoms with Gasteiger partial charge < -0.3 is 14.6 Å². The Morgan fingerprint density at radius 1 is 1.35 bits per heavy atom. The molecule has 4 heteroatoms. The van der Waals surface area contributed by atoms with Crippen LogP contribution in [0.25, 0.3) is 0 Å². The normalized spacial score (nSPS) is 22.1. The van der Waals surface area contributed by atoms with E-state index in [2.05, 4.69) is 0 Å². The van der Waals surface area contributed by atoms with E-state index >= 15 is 0 Å². The maximum atomic E-state index is 10.9. The van der Waals surface area contributed by atoms with Gasteiger partial charge in [0.05, 0.1) is 20.1 Å². The van der Waals surface area contributed by atoms with Crippen LogP contribution in [0.4, 0.5) is 0 Å². The van der Waals surface area contributed by atoms with E-state index in [1.54, 1.807) is 20.3 Å². The maximum absolute atomic E-state index is 10.9. The van der Waals surface area contributed by atoms with Crippen molar-refractivity contribution in [1.82, 2.24) is 0 Å². The quantitative estimate of drug-likeness (QED) is 0.870. The number of ether oxygens (including phenoxy) is 2. The molecule has 0 heterocycles. The Morgan fingerprint density at radius 3 is 2.53 bits per heavy atom. The summed E-state index contributed by atoms with van der Waals surface area (Å²) in [5, 5.41) is 8.97. The summed E-state index contributed by atoms with van der Waals surface area (Å²) in [6.45, 7) is 1.96. The Bertz CT molecular complexity index is 453. The number of hydrogen-bond donors (Lipinski definition) is 1. The van der Waals surface area contributed by atoms with Gasteiger partial charge in [-0.1, -0.05) is 0 Å². The fraction of sp³-hybridized carbons (Fsp3) is 0.462. The topological polar surface area (TPSA) is 55.8 Å². The van der Waals surface area contributed by atoms with Crippen molar-refractivity contribution in [2.24, 2.45) is 5.92 Å². The summed E-state index contributed by atoms with van der Waals surface area (Å²) < 4.78 is 10.5. The number of benzene rings is 1. The number of methoxy groups -OCH3 is 2. The number of aryl methyl sites for hydroxylation is 1. The second-order valence-corrected chi connectivity index (χ2v) is 4.35. The van der Waals surface area contributed by atoms with Gasteiger partial charge in [-0.05, 0) is 25.0 Å². The van der Waals surface area contributed by atoms with Crippen LogP contribution in [0.3, 0.4) is 0 Å². The molecule has 1 N–H and O–H groups in total. The van der Waals surface area contributed by atoms with Gasteiger partial charge in [-0.2, -0.15) is 0 Å². The molecule has 1 aliphatic rings. The highest BCUT2D eigenvalue weighted by Gasteiger charge is 2.46. The van der Waals surface area contributed by atoms with Crippen LogP contribution in [0.2, 0.25) is 0 Å². The maximum Gasteiger partial charge on any atom is 0.307 e. The zero-order valence-corrected chi connectivity index (χ0v) is 10.2. The lowest BCUT2D eigenvalue weighted by atomic mass is 10.0. The van der Waals surface area contributed by atoms with Crippen LogP contribution in [0.15, 0.2) is 12.1 Å². The Hall–Kier alpha value is -1.71. The Balaban J connectivity index is 2.37. The first-order valence-electron chi connectivity index (χ1n) is 5.53. The zero-order valence-electron chi connectivity index (χ0n) is 10.2. The number of hydrogen-bond acceptors (Lipinski definition) is 3. The van der Waals surface area contributed by atoms with Gasteiger partial charge in [0.25, 0.3) is 0 Å². The van der Waals surface area contributed by atoms with Gasteiger partial charge in [0.15, 0.2) is 0 Å². The van der Waals surface area contributed by atoms with Crippen LogP contribution in [-0.2, 0) is 4.79 Å². The van der Waals surface area contributed by atoms with Crippen molar-refractivity contribution in [3.05, 3.63) is 23.3 Å². The van der Waals surface area contributed by atoms with E-state index in [-0.39, 0.29) is 11.8 Å². The zero-order chi connectivity index (χ0) is 12.6. The van der Waals surface area contributed by atoms with E-state index in [9.17, 15) is 4.79 Å². The van der Waals surface area contributed by atoms with Crippen molar-refractivity contribution in [2.75, 3.05) is 14.2 Å². The van der Waals surface area contributed by atoms with Gasteiger partial charge in [0, 0.05) is 17.5 Å². The second-order valence-electron chi connectivity index (χ2n) is 4.35. The van der Waals surface area contributed by atoms with Crippen LogP contribution < -0.4 is 9.47 Å². The SMILES string of the molecule is COc1cc(C)c(C2CC2C(=O)O)c(OC)c1. The number of carboxylic acid groups (broad SMARTS) is 1. The van der Waals surface area contributed by atoms with Crippen LogP contribution in [0.1, 0.15) is 23.5 Å². The minimum atomic E-state index is -0.729. The molecule has 0 amide bonds. The van der Waals surface area contributed by atoms with Gasteiger partial charge in [-0.15, -0.1) is 0 Å². The first-order valence-corrected chi connectivity index (χ1v) is 5.53. The first kappa shape index (κ1) is 11.8. The van der Waals surface area contributed by atoms with Crippen molar-refractivity contribution in [3.8, 4) is 11.5 Å². The number of rotatable bonds is 4. The largest absolute Gasteiger partial charge is 0.497 e. The fourth-order valence-electron chi connectivity index (χ4n) is 2.28. The number of carbonyl (C=O) groups is 1. The van der Waals surface area contributed by atoms with Gasteiger partial charge in [-0.3, -0.25) is 4.79 Å². The van der Waals surface area contributed by atoms with E-state index in [1.807, 2.05) is 13.0 Å². The van der Waals surface area contributed by atoms with Crippen molar-refractivity contribution in [2.45, 2.75) is 19.3 Å². The molecule has 1 aromatic carbocycles. The van der Waals surface area contributed by atoms with Crippen LogP contribution in [-0.4, -0.2) is 25.3 Å². The average Bonchev–Trinajstić information content (AvgIpc) is 3.07. The molecular weight excluding hydrogens is 220 g/mol. The lowest BCUT2D eigenvalue weighted by molar-refractivity contribution is -0.138. The standard InChI is InChI=1S/C13H16O4/c1-7-4-8(16-2)5-11(17-3)12(7)9-6-10(9)13(14)15/h4-5,9-10H,6H2,1-3H3,(H,14,15). The Labute approximate surface area is 100 Å². The summed E-state index contributed by atoms with van der Waals surface area (Å²) in [6, 6.07) is 3.72. The van der Waals surface area contributed by atoms with Crippen LogP contribution in [0.5, 0.6) is 11.5 Å². The Morgan fingerprint density at radius 2 is 2.06 bits per heavy atom. The van der Waals surface area contributed by atoms with Gasteiger partial charge >= 0.3 is 5.97 Å². The van der Waals surface area contributed by atoms with Crippen molar-refractivity contribution < 1.29 is 19.4 Å². The molecule has 4 nitrogen and oxygen atoms in total. The predicted octanol–water partition coefficient (Wildman–Crippen LogP) is 2.20. The summed E-state index contributed by atoms with van der Waals surface area (Å²) in [4.78, 5) is 10.9. The molecule has 1 saturated carbocycles. The fourth-order valence-corrected chi connectivity index (χ4v) is 2.28. The molecule has 2 rings (SSSR count). The molecule has 0 aliphatic heterocycles. The minimum absolute atomic E-state index is 0.0772. The van der Waals surface area contributed by atoms with Crippen LogP contribution >= 0.6 is 0 Å². The third kappa shape index (κ3) is 2.07. The summed E-state index contributed by atoms with van der Waals surface area (Å²) in [5.74, 6) is 0.530. The van der Waals surface area contributed by atoms with Crippen molar-refractivity contribution in [3.63, 3.8) is 0 Å². The van der Waals surface area contributed by atoms with E-state index in [0.717, 1.165) is 22.6 Å². The number of aliphatic carboxylic acids is 1. The Kier molecular flexibility index (Phi) is 2.96. The molecule has 0 bridgehead atoms. The van der Waals surface area contributed by atoms with E-state index < -0.39 is 5.97 Å². The molecule has 0 aromatic heterocycles. The molecule has 1 aromatic rings. The third-order valence-electron chi connectivity index (χ3n) is 3.26.